The van der Waals surface area contributed by atoms with Gasteiger partial charge in [0.1, 0.15) is 0 Å². The highest BCUT2D eigenvalue weighted by atomic mass is 32.2. The molecule has 6 heteroatoms. The molecule has 15 heavy (non-hydrogen) atoms. The van der Waals surface area contributed by atoms with Crippen LogP contribution in [0.3, 0.4) is 0 Å². The third-order valence-electron chi connectivity index (χ3n) is 2.02. The smallest absolute Gasteiger partial charge is 0.336 e. The number of carbonyl (C=O) groups is 1. The van der Waals surface area contributed by atoms with Gasteiger partial charge in [-0.05, 0) is 13.3 Å². The molecule has 0 amide bonds. The van der Waals surface area contributed by atoms with Gasteiger partial charge in [0, 0.05) is 0 Å². The molecule has 2 N–H and O–H groups in total. The molecule has 0 radical (unpaired) electrons. The number of hydrogen-bond acceptors (Lipinski definition) is 4. The summed E-state index contributed by atoms with van der Waals surface area (Å²) in [5.41, 5.74) is -2.19. The van der Waals surface area contributed by atoms with Crippen molar-refractivity contribution in [1.82, 2.24) is 0 Å². The highest BCUT2D eigenvalue weighted by molar-refractivity contribution is 7.91. The lowest BCUT2D eigenvalue weighted by molar-refractivity contribution is -0.154. The van der Waals surface area contributed by atoms with E-state index in [1.165, 1.54) is 0 Å². The van der Waals surface area contributed by atoms with Crippen LogP contribution in [-0.4, -0.2) is 41.7 Å². The zero-order chi connectivity index (χ0) is 12.1. The Hall–Kier alpha value is -0.620. The van der Waals surface area contributed by atoms with Gasteiger partial charge in [-0.3, -0.25) is 0 Å². The number of sulfone groups is 1. The van der Waals surface area contributed by atoms with E-state index in [2.05, 4.69) is 0 Å². The van der Waals surface area contributed by atoms with E-state index in [1.54, 1.807) is 0 Å². The Bertz CT molecular complexity index is 304. The summed E-state index contributed by atoms with van der Waals surface area (Å²) in [5.74, 6) is -2.30. The Balaban J connectivity index is 4.32. The summed E-state index contributed by atoms with van der Waals surface area (Å²) >= 11 is 0. The Labute approximate surface area is 90.0 Å². The van der Waals surface area contributed by atoms with E-state index >= 15 is 0 Å². The average molecular weight is 238 g/mol. The SMILES string of the molecule is CCCCCS(=O)(=O)CC(C)(O)C(=O)O. The van der Waals surface area contributed by atoms with E-state index in [4.69, 9.17) is 5.11 Å². The largest absolute Gasteiger partial charge is 0.479 e. The number of unbranched alkanes of at least 4 members (excludes halogenated alkanes) is 2. The Morgan fingerprint density at radius 2 is 1.87 bits per heavy atom. The molecule has 90 valence electrons. The third kappa shape index (κ3) is 5.74. The Kier molecular flexibility index (Phi) is 5.23. The molecule has 0 bridgehead atoms. The maximum Gasteiger partial charge on any atom is 0.336 e. The first-order valence-electron chi connectivity index (χ1n) is 4.87. The van der Waals surface area contributed by atoms with Gasteiger partial charge in [0.25, 0.3) is 0 Å². The van der Waals surface area contributed by atoms with Gasteiger partial charge >= 0.3 is 5.97 Å². The fraction of sp³-hybridized carbons (Fsp3) is 0.889. The van der Waals surface area contributed by atoms with Crippen LogP contribution in [0.4, 0.5) is 0 Å². The first kappa shape index (κ1) is 14.4. The second-order valence-corrected chi connectivity index (χ2v) is 6.06. The van der Waals surface area contributed by atoms with Crippen molar-refractivity contribution < 1.29 is 23.4 Å². The van der Waals surface area contributed by atoms with Gasteiger partial charge in [0.15, 0.2) is 15.4 Å². The van der Waals surface area contributed by atoms with Crippen LogP contribution in [-0.2, 0) is 14.6 Å². The molecule has 1 atom stereocenters. The fourth-order valence-corrected chi connectivity index (χ4v) is 2.90. The molecule has 0 spiro atoms. The standard InChI is InChI=1S/C9H18O5S/c1-3-4-5-6-15(13,14)7-9(2,12)8(10)11/h12H,3-7H2,1-2H3,(H,10,11). The molecular weight excluding hydrogens is 220 g/mol. The summed E-state index contributed by atoms with van der Waals surface area (Å²) in [5, 5.41) is 17.9. The Morgan fingerprint density at radius 1 is 1.33 bits per heavy atom. The maximum atomic E-state index is 11.4. The van der Waals surface area contributed by atoms with E-state index in [0.717, 1.165) is 19.8 Å². The van der Waals surface area contributed by atoms with Crippen molar-refractivity contribution in [1.29, 1.82) is 0 Å². The van der Waals surface area contributed by atoms with Crippen LogP contribution in [0.15, 0.2) is 0 Å². The van der Waals surface area contributed by atoms with Gasteiger partial charge < -0.3 is 10.2 Å². The van der Waals surface area contributed by atoms with E-state index in [1.807, 2.05) is 6.92 Å². The van der Waals surface area contributed by atoms with Gasteiger partial charge in [-0.15, -0.1) is 0 Å². The zero-order valence-electron chi connectivity index (χ0n) is 9.06. The molecule has 0 aliphatic carbocycles. The summed E-state index contributed by atoms with van der Waals surface area (Å²) in [4.78, 5) is 10.5. The normalized spacial score (nSPS) is 15.9. The van der Waals surface area contributed by atoms with Crippen LogP contribution in [0.5, 0.6) is 0 Å². The van der Waals surface area contributed by atoms with Crippen molar-refractivity contribution in [2.24, 2.45) is 0 Å². The molecule has 0 fully saturated rings. The minimum Gasteiger partial charge on any atom is -0.479 e. The second kappa shape index (κ2) is 5.46. The van der Waals surface area contributed by atoms with Gasteiger partial charge in [-0.1, -0.05) is 19.8 Å². The topological polar surface area (TPSA) is 91.7 Å². The second-order valence-electron chi connectivity index (χ2n) is 3.88. The van der Waals surface area contributed by atoms with Gasteiger partial charge in [0.05, 0.1) is 11.5 Å². The van der Waals surface area contributed by atoms with Crippen molar-refractivity contribution in [3.8, 4) is 0 Å². The number of hydrogen-bond donors (Lipinski definition) is 2. The minimum absolute atomic E-state index is 0.0652. The van der Waals surface area contributed by atoms with Crippen molar-refractivity contribution in [3.05, 3.63) is 0 Å². The lowest BCUT2D eigenvalue weighted by Crippen LogP contribution is -2.42. The predicted octanol–water partition coefficient (Wildman–Crippen LogP) is 0.427. The molecule has 0 aliphatic rings. The van der Waals surface area contributed by atoms with Crippen molar-refractivity contribution in [2.45, 2.75) is 38.7 Å². The third-order valence-corrected chi connectivity index (χ3v) is 3.93. The quantitative estimate of drug-likeness (QED) is 0.627. The lowest BCUT2D eigenvalue weighted by Gasteiger charge is -2.17. The average Bonchev–Trinajstić information content (AvgIpc) is 2.01. The molecule has 0 aliphatic heterocycles. The predicted molar refractivity (Wildman–Crippen MR) is 56.4 cm³/mol. The molecule has 0 rings (SSSR count). The van der Waals surface area contributed by atoms with Crippen LogP contribution in [0.1, 0.15) is 33.1 Å². The fourth-order valence-electron chi connectivity index (χ4n) is 1.13. The summed E-state index contributed by atoms with van der Waals surface area (Å²) in [6.45, 7) is 2.94. The van der Waals surface area contributed by atoms with Crippen LogP contribution >= 0.6 is 0 Å². The first-order valence-corrected chi connectivity index (χ1v) is 6.69. The number of aliphatic carboxylic acids is 1. The molecule has 5 nitrogen and oxygen atoms in total. The monoisotopic (exact) mass is 238 g/mol. The summed E-state index contributed by atoms with van der Waals surface area (Å²) < 4.78 is 22.8. The lowest BCUT2D eigenvalue weighted by atomic mass is 10.1. The van der Waals surface area contributed by atoms with E-state index < -0.39 is 27.2 Å². The van der Waals surface area contributed by atoms with Gasteiger partial charge in [0.2, 0.25) is 0 Å². The molecular formula is C9H18O5S. The molecule has 0 saturated heterocycles. The molecule has 0 saturated carbocycles. The zero-order valence-corrected chi connectivity index (χ0v) is 9.88. The van der Waals surface area contributed by atoms with Crippen molar-refractivity contribution >= 4 is 15.8 Å². The van der Waals surface area contributed by atoms with Gasteiger partial charge in [-0.25, -0.2) is 13.2 Å². The molecule has 0 aromatic carbocycles. The highest BCUT2D eigenvalue weighted by Crippen LogP contribution is 2.10. The molecule has 0 heterocycles. The summed E-state index contributed by atoms with van der Waals surface area (Å²) in [7, 11) is -3.49. The maximum absolute atomic E-state index is 11.4. The highest BCUT2D eigenvalue weighted by Gasteiger charge is 2.35. The van der Waals surface area contributed by atoms with Crippen LogP contribution in [0, 0.1) is 0 Å². The molecule has 0 aromatic heterocycles. The number of carboxylic acid groups (broad SMARTS) is 1. The molecule has 0 aromatic rings. The summed E-state index contributed by atoms with van der Waals surface area (Å²) in [6.07, 6.45) is 2.19. The number of rotatable bonds is 7. The van der Waals surface area contributed by atoms with Crippen molar-refractivity contribution in [2.75, 3.05) is 11.5 Å². The van der Waals surface area contributed by atoms with Gasteiger partial charge in [-0.2, -0.15) is 0 Å². The van der Waals surface area contributed by atoms with Crippen molar-refractivity contribution in [3.63, 3.8) is 0 Å². The number of aliphatic hydroxyl groups is 1. The summed E-state index contributed by atoms with van der Waals surface area (Å²) in [6, 6.07) is 0. The molecule has 1 unspecified atom stereocenters. The van der Waals surface area contributed by atoms with Crippen LogP contribution in [0.2, 0.25) is 0 Å². The van der Waals surface area contributed by atoms with E-state index in [-0.39, 0.29) is 5.75 Å². The first-order chi connectivity index (χ1) is 6.71. The van der Waals surface area contributed by atoms with E-state index in [0.29, 0.717) is 6.42 Å². The number of carboxylic acids is 1. The Morgan fingerprint density at radius 3 is 2.27 bits per heavy atom. The van der Waals surface area contributed by atoms with E-state index in [9.17, 15) is 18.3 Å². The minimum atomic E-state index is -3.49. The van der Waals surface area contributed by atoms with Crippen LogP contribution in [0.25, 0.3) is 0 Å². The van der Waals surface area contributed by atoms with Crippen LogP contribution < -0.4 is 0 Å².